The van der Waals surface area contributed by atoms with Gasteiger partial charge in [-0.15, -0.1) is 0 Å². The topological polar surface area (TPSA) is 95.9 Å². The second-order valence-electron chi connectivity index (χ2n) is 7.22. The van der Waals surface area contributed by atoms with Gasteiger partial charge in [-0.05, 0) is 36.6 Å². The Balaban J connectivity index is 2.00. The van der Waals surface area contributed by atoms with Crippen molar-refractivity contribution in [1.82, 2.24) is 4.41 Å². The third-order valence-electron chi connectivity index (χ3n) is 4.58. The van der Waals surface area contributed by atoms with Gasteiger partial charge in [0.15, 0.2) is 0 Å². The van der Waals surface area contributed by atoms with Crippen LogP contribution < -0.4 is 4.72 Å². The van der Waals surface area contributed by atoms with Gasteiger partial charge >= 0.3 is 0 Å². The number of hydrogen-bond donors (Lipinski definition) is 1. The minimum absolute atomic E-state index is 0.0157. The van der Waals surface area contributed by atoms with E-state index in [2.05, 4.69) is 9.82 Å². The van der Waals surface area contributed by atoms with Crippen LogP contribution in [0, 0.1) is 6.92 Å². The number of aryl methyl sites for hydroxylation is 1. The van der Waals surface area contributed by atoms with Crippen LogP contribution in [0.25, 0.3) is 0 Å². The molecule has 0 unspecified atom stereocenters. The fourth-order valence-corrected chi connectivity index (χ4v) is 5.35. The summed E-state index contributed by atoms with van der Waals surface area (Å²) in [5, 5.41) is 4.45. The van der Waals surface area contributed by atoms with E-state index >= 15 is 0 Å². The lowest BCUT2D eigenvalue weighted by Gasteiger charge is -2.23. The highest BCUT2D eigenvalue weighted by Crippen LogP contribution is 2.35. The molecule has 0 amide bonds. The molecular formula is C20H25N3O4S2. The fourth-order valence-electron chi connectivity index (χ4n) is 3.28. The summed E-state index contributed by atoms with van der Waals surface area (Å²) in [5.41, 5.74) is 3.67. The highest BCUT2D eigenvalue weighted by atomic mass is 32.2. The maximum atomic E-state index is 12.8. The molecule has 2 aromatic rings. The number of rotatable bonds is 7. The molecule has 7 nitrogen and oxygen atoms in total. The van der Waals surface area contributed by atoms with Crippen molar-refractivity contribution >= 4 is 31.4 Å². The summed E-state index contributed by atoms with van der Waals surface area (Å²) in [6.07, 6.45) is 1.99. The van der Waals surface area contributed by atoms with Gasteiger partial charge in [-0.2, -0.15) is 9.52 Å². The van der Waals surface area contributed by atoms with Gasteiger partial charge in [0.05, 0.1) is 23.8 Å². The first-order valence-corrected chi connectivity index (χ1v) is 12.8. The van der Waals surface area contributed by atoms with Gasteiger partial charge in [0.25, 0.3) is 0 Å². The van der Waals surface area contributed by atoms with Crippen molar-refractivity contribution in [3.8, 4) is 0 Å². The smallest absolute Gasteiger partial charge is 0.250 e. The molecule has 1 aliphatic rings. The Bertz CT molecular complexity index is 1120. The van der Waals surface area contributed by atoms with Crippen molar-refractivity contribution < 1.29 is 16.8 Å². The average Bonchev–Trinajstić information content (AvgIpc) is 3.07. The first-order chi connectivity index (χ1) is 13.6. The molecule has 1 aliphatic heterocycles. The normalized spacial score (nSPS) is 17.3. The monoisotopic (exact) mass is 435 g/mol. The number of sulfonamides is 2. The summed E-state index contributed by atoms with van der Waals surface area (Å²) in [5.74, 6) is 0.0157. The second-order valence-corrected chi connectivity index (χ2v) is 10.9. The van der Waals surface area contributed by atoms with E-state index in [0.29, 0.717) is 29.8 Å². The zero-order valence-corrected chi connectivity index (χ0v) is 18.3. The van der Waals surface area contributed by atoms with Crippen LogP contribution in [0.3, 0.4) is 0 Å². The molecule has 2 aromatic carbocycles. The summed E-state index contributed by atoms with van der Waals surface area (Å²) < 4.78 is 52.4. The van der Waals surface area contributed by atoms with Crippen LogP contribution in [-0.4, -0.2) is 39.0 Å². The molecule has 0 saturated carbocycles. The number of anilines is 1. The number of nitrogens with one attached hydrogen (secondary N) is 1. The molecule has 156 valence electrons. The third-order valence-corrected chi connectivity index (χ3v) is 7.02. The van der Waals surface area contributed by atoms with E-state index in [1.165, 1.54) is 4.41 Å². The van der Waals surface area contributed by atoms with Crippen molar-refractivity contribution in [2.24, 2.45) is 5.10 Å². The summed E-state index contributed by atoms with van der Waals surface area (Å²) in [4.78, 5) is 0. The van der Waals surface area contributed by atoms with Gasteiger partial charge in [0.1, 0.15) is 0 Å². The van der Waals surface area contributed by atoms with Gasteiger partial charge in [-0.1, -0.05) is 48.9 Å². The molecule has 0 bridgehead atoms. The molecule has 0 saturated heterocycles. The molecule has 1 atom stereocenters. The number of benzene rings is 2. The van der Waals surface area contributed by atoms with Crippen molar-refractivity contribution in [1.29, 1.82) is 0 Å². The SMILES string of the molecule is CCCS(=O)(=O)N1N=C(c2cccc(NS(C)(=O)=O)c2)C[C@H]1c1ccc(C)cc1. The molecule has 0 radical (unpaired) electrons. The number of nitrogens with zero attached hydrogens (tertiary/aromatic N) is 2. The first kappa shape index (κ1) is 21.3. The maximum absolute atomic E-state index is 12.8. The Hall–Kier alpha value is -2.39. The predicted molar refractivity (Wildman–Crippen MR) is 116 cm³/mol. The first-order valence-electron chi connectivity index (χ1n) is 9.33. The average molecular weight is 436 g/mol. The molecule has 9 heteroatoms. The predicted octanol–water partition coefficient (Wildman–Crippen LogP) is 3.26. The van der Waals surface area contributed by atoms with Crippen molar-refractivity contribution in [2.45, 2.75) is 32.7 Å². The van der Waals surface area contributed by atoms with E-state index in [-0.39, 0.29) is 5.75 Å². The summed E-state index contributed by atoms with van der Waals surface area (Å²) in [6.45, 7) is 3.80. The van der Waals surface area contributed by atoms with Gasteiger partial charge < -0.3 is 0 Å². The van der Waals surface area contributed by atoms with Crippen molar-refractivity contribution in [3.63, 3.8) is 0 Å². The number of hydrogen-bond acceptors (Lipinski definition) is 5. The van der Waals surface area contributed by atoms with Crippen LogP contribution in [0.15, 0.2) is 53.6 Å². The van der Waals surface area contributed by atoms with E-state index in [1.807, 2.05) is 38.1 Å². The Labute approximate surface area is 172 Å². The second kappa shape index (κ2) is 8.16. The minimum atomic E-state index is -3.56. The molecule has 1 N–H and O–H groups in total. The fraction of sp³-hybridized carbons (Fsp3) is 0.350. The van der Waals surface area contributed by atoms with Crippen LogP contribution in [0.4, 0.5) is 5.69 Å². The summed E-state index contributed by atoms with van der Waals surface area (Å²) in [7, 11) is -6.98. The largest absolute Gasteiger partial charge is 0.284 e. The van der Waals surface area contributed by atoms with E-state index in [9.17, 15) is 16.8 Å². The lowest BCUT2D eigenvalue weighted by molar-refractivity contribution is 0.371. The minimum Gasteiger partial charge on any atom is -0.284 e. The Kier molecular flexibility index (Phi) is 6.00. The van der Waals surface area contributed by atoms with E-state index in [0.717, 1.165) is 17.4 Å². The molecule has 3 rings (SSSR count). The number of hydrazone groups is 1. The molecule has 0 aliphatic carbocycles. The zero-order valence-electron chi connectivity index (χ0n) is 16.7. The van der Waals surface area contributed by atoms with Crippen LogP contribution >= 0.6 is 0 Å². The lowest BCUT2D eigenvalue weighted by atomic mass is 9.98. The third kappa shape index (κ3) is 5.16. The van der Waals surface area contributed by atoms with Crippen LogP contribution in [0.1, 0.15) is 42.5 Å². The van der Waals surface area contributed by atoms with E-state index in [1.54, 1.807) is 24.3 Å². The lowest BCUT2D eigenvalue weighted by Crippen LogP contribution is -2.29. The van der Waals surface area contributed by atoms with Gasteiger partial charge in [0, 0.05) is 12.1 Å². The molecule has 1 heterocycles. The Morgan fingerprint density at radius 2 is 1.79 bits per heavy atom. The maximum Gasteiger partial charge on any atom is 0.250 e. The molecule has 29 heavy (non-hydrogen) atoms. The van der Waals surface area contributed by atoms with Crippen LogP contribution in [0.5, 0.6) is 0 Å². The highest BCUT2D eigenvalue weighted by molar-refractivity contribution is 7.92. The zero-order chi connectivity index (χ0) is 21.2. The van der Waals surface area contributed by atoms with Crippen molar-refractivity contribution in [2.75, 3.05) is 16.7 Å². The molecule has 0 fully saturated rings. The molecule has 0 spiro atoms. The standard InChI is InChI=1S/C20H25N3O4S2/c1-4-12-29(26,27)23-20(16-10-8-15(2)9-11-16)14-19(21-23)17-6-5-7-18(13-17)22-28(3,24)25/h5-11,13,20,22H,4,12,14H2,1-3H3/t20-/m0/s1. The highest BCUT2D eigenvalue weighted by Gasteiger charge is 2.36. The summed E-state index contributed by atoms with van der Waals surface area (Å²) in [6, 6.07) is 14.2. The van der Waals surface area contributed by atoms with Gasteiger partial charge in [0.2, 0.25) is 20.0 Å². The molecule has 0 aromatic heterocycles. The Morgan fingerprint density at radius 1 is 1.10 bits per heavy atom. The van der Waals surface area contributed by atoms with Gasteiger partial charge in [-0.3, -0.25) is 4.72 Å². The van der Waals surface area contributed by atoms with E-state index < -0.39 is 26.1 Å². The molecular weight excluding hydrogens is 410 g/mol. The van der Waals surface area contributed by atoms with Crippen LogP contribution in [0.2, 0.25) is 0 Å². The van der Waals surface area contributed by atoms with Gasteiger partial charge in [-0.25, -0.2) is 16.8 Å². The van der Waals surface area contributed by atoms with Crippen LogP contribution in [-0.2, 0) is 20.0 Å². The summed E-state index contributed by atoms with van der Waals surface area (Å²) >= 11 is 0. The quantitative estimate of drug-likeness (QED) is 0.722. The van der Waals surface area contributed by atoms with E-state index in [4.69, 9.17) is 0 Å². The van der Waals surface area contributed by atoms with Crippen molar-refractivity contribution in [3.05, 3.63) is 65.2 Å². The Morgan fingerprint density at radius 3 is 2.41 bits per heavy atom.